The molecular formula is C23H36N4O2. The van der Waals surface area contributed by atoms with Crippen LogP contribution in [0.25, 0.3) is 0 Å². The van der Waals surface area contributed by atoms with Gasteiger partial charge in [0.25, 0.3) is 0 Å². The highest BCUT2D eigenvalue weighted by Crippen LogP contribution is 2.30. The van der Waals surface area contributed by atoms with E-state index in [4.69, 9.17) is 9.47 Å². The van der Waals surface area contributed by atoms with Crippen molar-refractivity contribution in [3.05, 3.63) is 23.8 Å². The van der Waals surface area contributed by atoms with Crippen LogP contribution in [-0.4, -0.2) is 68.2 Å². The molecule has 4 rings (SSSR count). The minimum atomic E-state index is 0.333. The van der Waals surface area contributed by atoms with E-state index in [9.17, 15) is 0 Å². The standard InChI is InChI=1S/C23H36N4O2/c1-24-23(27-14-11-19(17-27)26-12-5-6-13-26)25-16-18-9-10-21(28-2)15-22(18)29-20-7-3-4-8-20/h9-10,15,19-20H,3-8,11-14,16-17H2,1-2H3,(H,24,25). The number of rotatable bonds is 6. The molecule has 1 unspecified atom stereocenters. The van der Waals surface area contributed by atoms with E-state index >= 15 is 0 Å². The van der Waals surface area contributed by atoms with Crippen molar-refractivity contribution in [2.45, 2.75) is 63.6 Å². The highest BCUT2D eigenvalue weighted by Gasteiger charge is 2.30. The minimum absolute atomic E-state index is 0.333. The maximum absolute atomic E-state index is 6.34. The summed E-state index contributed by atoms with van der Waals surface area (Å²) in [6.45, 7) is 5.39. The van der Waals surface area contributed by atoms with Crippen LogP contribution in [0.15, 0.2) is 23.2 Å². The zero-order valence-corrected chi connectivity index (χ0v) is 18.0. The van der Waals surface area contributed by atoms with E-state index in [-0.39, 0.29) is 0 Å². The Morgan fingerprint density at radius 1 is 1.10 bits per heavy atom. The van der Waals surface area contributed by atoms with Crippen LogP contribution in [0.2, 0.25) is 0 Å². The Hall–Kier alpha value is -1.95. The maximum Gasteiger partial charge on any atom is 0.193 e. The molecule has 2 saturated heterocycles. The van der Waals surface area contributed by atoms with Crippen molar-refractivity contribution < 1.29 is 9.47 Å². The number of aliphatic imine (C=N–C) groups is 1. The first-order valence-electron chi connectivity index (χ1n) is 11.3. The summed E-state index contributed by atoms with van der Waals surface area (Å²) < 4.78 is 11.8. The number of ether oxygens (including phenoxy) is 2. The number of nitrogens with one attached hydrogen (secondary N) is 1. The molecule has 1 aliphatic carbocycles. The van der Waals surface area contributed by atoms with Gasteiger partial charge in [-0.1, -0.05) is 0 Å². The summed E-state index contributed by atoms with van der Waals surface area (Å²) in [4.78, 5) is 9.62. The number of hydrogen-bond donors (Lipinski definition) is 1. The van der Waals surface area contributed by atoms with Gasteiger partial charge in [0.1, 0.15) is 11.5 Å². The fourth-order valence-electron chi connectivity index (χ4n) is 4.95. The Labute approximate surface area is 175 Å². The fraction of sp³-hybridized carbons (Fsp3) is 0.696. The summed E-state index contributed by atoms with van der Waals surface area (Å²) >= 11 is 0. The Balaban J connectivity index is 1.38. The molecule has 2 aliphatic heterocycles. The molecule has 2 heterocycles. The van der Waals surface area contributed by atoms with E-state index in [2.05, 4.69) is 26.2 Å². The normalized spacial score (nSPS) is 23.7. The molecule has 6 nitrogen and oxygen atoms in total. The molecule has 0 radical (unpaired) electrons. The molecule has 1 aromatic carbocycles. The van der Waals surface area contributed by atoms with E-state index in [0.29, 0.717) is 18.7 Å². The number of benzene rings is 1. The summed E-state index contributed by atoms with van der Waals surface area (Å²) in [5.41, 5.74) is 1.16. The molecule has 3 aliphatic rings. The summed E-state index contributed by atoms with van der Waals surface area (Å²) in [6.07, 6.45) is 9.10. The monoisotopic (exact) mass is 400 g/mol. The average molecular weight is 401 g/mol. The van der Waals surface area contributed by atoms with Gasteiger partial charge in [0.15, 0.2) is 5.96 Å². The van der Waals surface area contributed by atoms with Gasteiger partial charge in [-0.05, 0) is 70.2 Å². The van der Waals surface area contributed by atoms with E-state index in [1.54, 1.807) is 7.11 Å². The van der Waals surface area contributed by atoms with Crippen LogP contribution in [0.4, 0.5) is 0 Å². The van der Waals surface area contributed by atoms with Gasteiger partial charge >= 0.3 is 0 Å². The van der Waals surface area contributed by atoms with E-state index in [0.717, 1.165) is 49.0 Å². The SMILES string of the molecule is CN=C(NCc1ccc(OC)cc1OC1CCCC1)N1CCC(N2CCCC2)C1. The summed E-state index contributed by atoms with van der Waals surface area (Å²) in [5, 5.41) is 3.58. The highest BCUT2D eigenvalue weighted by atomic mass is 16.5. The van der Waals surface area contributed by atoms with Crippen molar-refractivity contribution in [1.29, 1.82) is 0 Å². The second-order valence-electron chi connectivity index (χ2n) is 8.53. The quantitative estimate of drug-likeness (QED) is 0.587. The summed E-state index contributed by atoms with van der Waals surface area (Å²) in [6, 6.07) is 6.83. The van der Waals surface area contributed by atoms with Crippen LogP contribution in [0.3, 0.4) is 0 Å². The van der Waals surface area contributed by atoms with Gasteiger partial charge in [-0.2, -0.15) is 0 Å². The molecule has 160 valence electrons. The maximum atomic E-state index is 6.34. The van der Waals surface area contributed by atoms with Crippen molar-refractivity contribution in [2.24, 2.45) is 4.99 Å². The van der Waals surface area contributed by atoms with Crippen molar-refractivity contribution in [3.8, 4) is 11.5 Å². The Bertz CT molecular complexity index is 696. The summed E-state index contributed by atoms with van der Waals surface area (Å²) in [5.74, 6) is 2.78. The zero-order chi connectivity index (χ0) is 20.1. The Kier molecular flexibility index (Phi) is 6.80. The number of methoxy groups -OCH3 is 1. The molecule has 29 heavy (non-hydrogen) atoms. The smallest absolute Gasteiger partial charge is 0.193 e. The molecule has 1 N–H and O–H groups in total. The molecule has 0 spiro atoms. The lowest BCUT2D eigenvalue weighted by atomic mass is 10.2. The van der Waals surface area contributed by atoms with Gasteiger partial charge in [-0.3, -0.25) is 9.89 Å². The number of nitrogens with zero attached hydrogens (tertiary/aromatic N) is 3. The highest BCUT2D eigenvalue weighted by molar-refractivity contribution is 5.80. The lowest BCUT2D eigenvalue weighted by molar-refractivity contribution is 0.207. The predicted molar refractivity (Wildman–Crippen MR) is 117 cm³/mol. The molecule has 0 bridgehead atoms. The van der Waals surface area contributed by atoms with E-state index in [1.807, 2.05) is 19.2 Å². The molecule has 0 aromatic heterocycles. The first-order valence-corrected chi connectivity index (χ1v) is 11.3. The molecular weight excluding hydrogens is 364 g/mol. The van der Waals surface area contributed by atoms with Crippen molar-refractivity contribution in [2.75, 3.05) is 40.3 Å². The molecule has 1 atom stereocenters. The molecule has 1 saturated carbocycles. The fourth-order valence-corrected chi connectivity index (χ4v) is 4.95. The second kappa shape index (κ2) is 9.70. The molecule has 0 amide bonds. The Morgan fingerprint density at radius 2 is 1.90 bits per heavy atom. The molecule has 3 fully saturated rings. The number of likely N-dealkylation sites (tertiary alicyclic amines) is 2. The molecule has 1 aromatic rings. The van der Waals surface area contributed by atoms with Crippen LogP contribution in [0, 0.1) is 0 Å². The Morgan fingerprint density at radius 3 is 2.62 bits per heavy atom. The second-order valence-corrected chi connectivity index (χ2v) is 8.53. The van der Waals surface area contributed by atoms with Crippen molar-refractivity contribution >= 4 is 5.96 Å². The van der Waals surface area contributed by atoms with E-state index < -0.39 is 0 Å². The first kappa shape index (κ1) is 20.3. The van der Waals surface area contributed by atoms with Crippen LogP contribution in [0.1, 0.15) is 50.5 Å². The van der Waals surface area contributed by atoms with Crippen LogP contribution < -0.4 is 14.8 Å². The predicted octanol–water partition coefficient (Wildman–Crippen LogP) is 3.26. The van der Waals surface area contributed by atoms with Crippen molar-refractivity contribution in [1.82, 2.24) is 15.1 Å². The first-order chi connectivity index (χ1) is 14.3. The zero-order valence-electron chi connectivity index (χ0n) is 18.0. The minimum Gasteiger partial charge on any atom is -0.497 e. The van der Waals surface area contributed by atoms with Gasteiger partial charge < -0.3 is 19.7 Å². The third-order valence-corrected chi connectivity index (χ3v) is 6.64. The van der Waals surface area contributed by atoms with Crippen molar-refractivity contribution in [3.63, 3.8) is 0 Å². The van der Waals surface area contributed by atoms with Gasteiger partial charge in [0.2, 0.25) is 0 Å². The number of hydrogen-bond acceptors (Lipinski definition) is 4. The van der Waals surface area contributed by atoms with Gasteiger partial charge in [-0.25, -0.2) is 0 Å². The average Bonchev–Trinajstić information content (AvgIpc) is 3.51. The largest absolute Gasteiger partial charge is 0.497 e. The lowest BCUT2D eigenvalue weighted by Gasteiger charge is -2.26. The third kappa shape index (κ3) is 4.97. The van der Waals surface area contributed by atoms with Crippen LogP contribution in [0.5, 0.6) is 11.5 Å². The lowest BCUT2D eigenvalue weighted by Crippen LogP contribution is -2.42. The van der Waals surface area contributed by atoms with E-state index in [1.165, 1.54) is 45.2 Å². The summed E-state index contributed by atoms with van der Waals surface area (Å²) in [7, 11) is 3.59. The van der Waals surface area contributed by atoms with Crippen LogP contribution >= 0.6 is 0 Å². The van der Waals surface area contributed by atoms with Gasteiger partial charge in [0.05, 0.1) is 13.2 Å². The topological polar surface area (TPSA) is 49.3 Å². The number of guanidine groups is 1. The van der Waals surface area contributed by atoms with Gasteiger partial charge in [0, 0.05) is 44.4 Å². The van der Waals surface area contributed by atoms with Gasteiger partial charge in [-0.15, -0.1) is 0 Å². The van der Waals surface area contributed by atoms with Crippen LogP contribution in [-0.2, 0) is 6.54 Å². The third-order valence-electron chi connectivity index (χ3n) is 6.64. The molecule has 6 heteroatoms.